The lowest BCUT2D eigenvalue weighted by atomic mass is 10.1. The molecule has 4 rings (SSSR count). The molecule has 3 aliphatic rings. The molecule has 0 aromatic heterocycles. The molecule has 178 valence electrons. The van der Waals surface area contributed by atoms with Crippen LogP contribution in [-0.4, -0.2) is 99.9 Å². The summed E-state index contributed by atoms with van der Waals surface area (Å²) in [5, 5.41) is 3.99. The first-order valence-electron chi connectivity index (χ1n) is 11.1. The number of carbonyl (C=O) groups excluding carboxylic acids is 1. The lowest BCUT2D eigenvalue weighted by molar-refractivity contribution is -0.130. The van der Waals surface area contributed by atoms with Crippen molar-refractivity contribution in [1.82, 2.24) is 15.1 Å². The number of ether oxygens (including phenoxy) is 2. The minimum Gasteiger partial charge on any atom is -0.375 e. The average molecular weight is 578 g/mol. The van der Waals surface area contributed by atoms with Gasteiger partial charge in [0, 0.05) is 63.6 Å². The molecule has 0 saturated carbocycles. The molecule has 32 heavy (non-hydrogen) atoms. The number of aliphatic imine (C=N–C) groups is 1. The second-order valence-electron chi connectivity index (χ2n) is 8.15. The predicted octanol–water partition coefficient (Wildman–Crippen LogP) is 2.06. The van der Waals surface area contributed by atoms with Gasteiger partial charge in [0.1, 0.15) is 6.10 Å². The number of anilines is 1. The zero-order valence-electron chi connectivity index (χ0n) is 18.5. The van der Waals surface area contributed by atoms with Gasteiger partial charge in [0.05, 0.1) is 19.3 Å². The number of hydrogen-bond acceptors (Lipinski definition) is 5. The minimum atomic E-state index is 0. The van der Waals surface area contributed by atoms with Crippen molar-refractivity contribution >= 4 is 53.1 Å². The molecule has 10 heteroatoms. The quantitative estimate of drug-likeness (QED) is 0.336. The number of nitrogens with one attached hydrogen (secondary N) is 1. The number of rotatable bonds is 4. The molecule has 3 aliphatic heterocycles. The number of benzene rings is 1. The van der Waals surface area contributed by atoms with Gasteiger partial charge in [-0.1, -0.05) is 11.6 Å². The van der Waals surface area contributed by atoms with Crippen LogP contribution in [0.5, 0.6) is 0 Å². The van der Waals surface area contributed by atoms with E-state index in [-0.39, 0.29) is 48.6 Å². The average Bonchev–Trinajstić information content (AvgIpc) is 3.35. The van der Waals surface area contributed by atoms with Crippen molar-refractivity contribution in [2.75, 3.05) is 71.0 Å². The van der Waals surface area contributed by atoms with E-state index in [1.54, 1.807) is 7.05 Å². The Labute approximate surface area is 212 Å². The van der Waals surface area contributed by atoms with Gasteiger partial charge in [-0.2, -0.15) is 0 Å². The fourth-order valence-electron chi connectivity index (χ4n) is 4.45. The molecule has 3 fully saturated rings. The monoisotopic (exact) mass is 577 g/mol. The highest BCUT2D eigenvalue weighted by molar-refractivity contribution is 14.0. The minimum absolute atomic E-state index is 0. The fourth-order valence-corrected chi connectivity index (χ4v) is 4.58. The number of morpholine rings is 1. The molecule has 1 aromatic carbocycles. The smallest absolute Gasteiger partial charge is 0.242 e. The summed E-state index contributed by atoms with van der Waals surface area (Å²) >= 11 is 5.98. The van der Waals surface area contributed by atoms with E-state index in [1.165, 1.54) is 0 Å². The van der Waals surface area contributed by atoms with Crippen LogP contribution in [0.2, 0.25) is 5.02 Å². The van der Waals surface area contributed by atoms with Crippen molar-refractivity contribution in [2.24, 2.45) is 4.99 Å². The van der Waals surface area contributed by atoms with Gasteiger partial charge in [-0.25, -0.2) is 0 Å². The first kappa shape index (κ1) is 25.3. The van der Waals surface area contributed by atoms with Crippen molar-refractivity contribution < 1.29 is 14.3 Å². The molecule has 2 atom stereocenters. The van der Waals surface area contributed by atoms with Crippen LogP contribution in [-0.2, 0) is 14.3 Å². The van der Waals surface area contributed by atoms with Crippen LogP contribution >= 0.6 is 35.6 Å². The van der Waals surface area contributed by atoms with Gasteiger partial charge in [0.15, 0.2) is 5.96 Å². The summed E-state index contributed by atoms with van der Waals surface area (Å²) in [6.07, 6.45) is 2.37. The molecule has 3 heterocycles. The highest BCUT2D eigenvalue weighted by Gasteiger charge is 2.32. The van der Waals surface area contributed by atoms with E-state index in [2.05, 4.69) is 20.1 Å². The van der Waals surface area contributed by atoms with Crippen LogP contribution in [0.15, 0.2) is 29.3 Å². The summed E-state index contributed by atoms with van der Waals surface area (Å²) in [5.41, 5.74) is 1.14. The van der Waals surface area contributed by atoms with Gasteiger partial charge < -0.3 is 29.5 Å². The number of hydrogen-bond donors (Lipinski definition) is 1. The summed E-state index contributed by atoms with van der Waals surface area (Å²) in [7, 11) is 1.76. The van der Waals surface area contributed by atoms with E-state index in [9.17, 15) is 4.79 Å². The first-order chi connectivity index (χ1) is 15.1. The fraction of sp³-hybridized carbons (Fsp3) is 0.636. The number of carbonyl (C=O) groups is 1. The van der Waals surface area contributed by atoms with Crippen molar-refractivity contribution in [2.45, 2.75) is 25.0 Å². The third-order valence-corrected chi connectivity index (χ3v) is 6.46. The zero-order valence-corrected chi connectivity index (χ0v) is 21.6. The topological polar surface area (TPSA) is 69.6 Å². The maximum Gasteiger partial charge on any atom is 0.242 e. The molecule has 0 bridgehead atoms. The Kier molecular flexibility index (Phi) is 9.69. The van der Waals surface area contributed by atoms with E-state index >= 15 is 0 Å². The number of nitrogens with zero attached hydrogens (tertiary/aromatic N) is 4. The van der Waals surface area contributed by atoms with Crippen LogP contribution in [0.3, 0.4) is 0 Å². The number of halogens is 2. The molecule has 2 unspecified atom stereocenters. The molecular formula is C22H33ClIN5O3. The van der Waals surface area contributed by atoms with E-state index in [0.717, 1.165) is 62.3 Å². The molecule has 1 N–H and O–H groups in total. The van der Waals surface area contributed by atoms with Gasteiger partial charge in [0.2, 0.25) is 5.91 Å². The summed E-state index contributed by atoms with van der Waals surface area (Å²) in [6.45, 7) is 6.25. The van der Waals surface area contributed by atoms with E-state index in [1.807, 2.05) is 29.2 Å². The Balaban J connectivity index is 0.00000289. The lowest BCUT2D eigenvalue weighted by Gasteiger charge is -2.38. The molecule has 3 saturated heterocycles. The first-order valence-corrected chi connectivity index (χ1v) is 11.5. The van der Waals surface area contributed by atoms with Crippen molar-refractivity contribution in [3.8, 4) is 0 Å². The molecule has 0 aliphatic carbocycles. The third kappa shape index (κ3) is 6.39. The maximum atomic E-state index is 12.8. The SMILES string of the molecule is CN=C(NCC(=O)N1CCN(c2ccc(Cl)cc2)CC1)N1CCOC(C2CCCO2)C1.I. The molecule has 1 aromatic rings. The van der Waals surface area contributed by atoms with E-state index in [0.29, 0.717) is 19.7 Å². The van der Waals surface area contributed by atoms with Crippen molar-refractivity contribution in [3.63, 3.8) is 0 Å². The van der Waals surface area contributed by atoms with Gasteiger partial charge in [0.25, 0.3) is 0 Å². The maximum absolute atomic E-state index is 12.8. The Hall–Kier alpha value is -1.30. The van der Waals surface area contributed by atoms with Crippen LogP contribution in [0.25, 0.3) is 0 Å². The highest BCUT2D eigenvalue weighted by Crippen LogP contribution is 2.21. The molecule has 8 nitrogen and oxygen atoms in total. The second-order valence-corrected chi connectivity index (χ2v) is 8.59. The molecule has 1 amide bonds. The van der Waals surface area contributed by atoms with Crippen LogP contribution < -0.4 is 10.2 Å². The Morgan fingerprint density at radius 2 is 1.78 bits per heavy atom. The molecule has 0 radical (unpaired) electrons. The van der Waals surface area contributed by atoms with E-state index < -0.39 is 0 Å². The van der Waals surface area contributed by atoms with E-state index in [4.69, 9.17) is 21.1 Å². The van der Waals surface area contributed by atoms with Crippen LogP contribution in [0, 0.1) is 0 Å². The number of piperazine rings is 1. The van der Waals surface area contributed by atoms with Gasteiger partial charge in [-0.05, 0) is 37.1 Å². The molecule has 0 spiro atoms. The third-order valence-electron chi connectivity index (χ3n) is 6.21. The summed E-state index contributed by atoms with van der Waals surface area (Å²) < 4.78 is 11.7. The van der Waals surface area contributed by atoms with Gasteiger partial charge >= 0.3 is 0 Å². The lowest BCUT2D eigenvalue weighted by Crippen LogP contribution is -2.55. The van der Waals surface area contributed by atoms with Crippen LogP contribution in [0.4, 0.5) is 5.69 Å². The summed E-state index contributed by atoms with van der Waals surface area (Å²) in [5.74, 6) is 0.847. The largest absolute Gasteiger partial charge is 0.375 e. The van der Waals surface area contributed by atoms with Crippen LogP contribution in [0.1, 0.15) is 12.8 Å². The van der Waals surface area contributed by atoms with Gasteiger partial charge in [-0.3, -0.25) is 9.79 Å². The predicted molar refractivity (Wildman–Crippen MR) is 137 cm³/mol. The Morgan fingerprint density at radius 1 is 1.06 bits per heavy atom. The number of amides is 1. The summed E-state index contributed by atoms with van der Waals surface area (Å²) in [4.78, 5) is 23.5. The van der Waals surface area contributed by atoms with Gasteiger partial charge in [-0.15, -0.1) is 24.0 Å². The zero-order chi connectivity index (χ0) is 21.6. The Morgan fingerprint density at radius 3 is 2.44 bits per heavy atom. The highest BCUT2D eigenvalue weighted by atomic mass is 127. The van der Waals surface area contributed by atoms with Crippen molar-refractivity contribution in [1.29, 1.82) is 0 Å². The standard InChI is InChI=1S/C22H32ClN5O3.HI/c1-24-22(28-12-14-31-20(16-28)19-3-2-13-30-19)25-15-21(29)27-10-8-26(9-11-27)18-6-4-17(23)5-7-18;/h4-7,19-20H,2-3,8-16H2,1H3,(H,24,25);1H. The normalized spacial score (nSPS) is 24.3. The second kappa shape index (κ2) is 12.2. The molecular weight excluding hydrogens is 545 g/mol. The Bertz CT molecular complexity index is 767. The van der Waals surface area contributed by atoms with Crippen molar-refractivity contribution in [3.05, 3.63) is 29.3 Å². The summed E-state index contributed by atoms with van der Waals surface area (Å²) in [6, 6.07) is 7.85. The number of guanidine groups is 1.